The van der Waals surface area contributed by atoms with E-state index in [9.17, 15) is 9.59 Å². The van der Waals surface area contributed by atoms with Gasteiger partial charge >= 0.3 is 5.97 Å². The second-order valence-electron chi connectivity index (χ2n) is 5.30. The van der Waals surface area contributed by atoms with Crippen LogP contribution in [0.1, 0.15) is 5.56 Å². The lowest BCUT2D eigenvalue weighted by atomic mass is 10.2. The summed E-state index contributed by atoms with van der Waals surface area (Å²) in [6.45, 7) is -0.416. The van der Waals surface area contributed by atoms with Crippen LogP contribution in [0.25, 0.3) is 6.08 Å². The van der Waals surface area contributed by atoms with E-state index < -0.39 is 18.5 Å². The van der Waals surface area contributed by atoms with Crippen molar-refractivity contribution in [3.63, 3.8) is 0 Å². The van der Waals surface area contributed by atoms with Crippen LogP contribution in [0.4, 0.5) is 5.69 Å². The molecule has 0 aliphatic carbocycles. The Bertz CT molecular complexity index is 831. The summed E-state index contributed by atoms with van der Waals surface area (Å²) in [5.74, 6) is 0.585. The summed E-state index contributed by atoms with van der Waals surface area (Å²) in [5, 5.41) is 2.62. The van der Waals surface area contributed by atoms with Gasteiger partial charge in [-0.1, -0.05) is 12.1 Å². The summed E-state index contributed by atoms with van der Waals surface area (Å²) in [6.07, 6.45) is 2.76. The quantitative estimate of drug-likeness (QED) is 0.567. The lowest BCUT2D eigenvalue weighted by Crippen LogP contribution is -2.20. The molecule has 7 heteroatoms. The molecule has 0 radical (unpaired) electrons. The predicted molar refractivity (Wildman–Crippen MR) is 101 cm³/mol. The van der Waals surface area contributed by atoms with Gasteiger partial charge in [-0.15, -0.1) is 0 Å². The molecule has 0 aromatic heterocycles. The fourth-order valence-corrected chi connectivity index (χ4v) is 2.23. The van der Waals surface area contributed by atoms with E-state index in [2.05, 4.69) is 5.32 Å². The highest BCUT2D eigenvalue weighted by Crippen LogP contribution is 2.25. The average molecular weight is 371 g/mol. The lowest BCUT2D eigenvalue weighted by Gasteiger charge is -2.09. The minimum Gasteiger partial charge on any atom is -0.497 e. The van der Waals surface area contributed by atoms with Gasteiger partial charge in [-0.3, -0.25) is 4.79 Å². The van der Waals surface area contributed by atoms with Crippen molar-refractivity contribution in [2.24, 2.45) is 0 Å². The topological polar surface area (TPSA) is 83.1 Å². The zero-order valence-electron chi connectivity index (χ0n) is 15.4. The average Bonchev–Trinajstić information content (AvgIpc) is 2.70. The summed E-state index contributed by atoms with van der Waals surface area (Å²) < 4.78 is 20.5. The number of esters is 1. The number of ether oxygens (including phenoxy) is 4. The Morgan fingerprint density at radius 1 is 0.963 bits per heavy atom. The number of carbonyl (C=O) groups is 2. The Hall–Kier alpha value is -3.48. The molecule has 1 amide bonds. The van der Waals surface area contributed by atoms with E-state index in [0.717, 1.165) is 0 Å². The van der Waals surface area contributed by atoms with E-state index in [1.54, 1.807) is 55.7 Å². The molecule has 1 N–H and O–H groups in total. The van der Waals surface area contributed by atoms with E-state index in [-0.39, 0.29) is 0 Å². The summed E-state index contributed by atoms with van der Waals surface area (Å²) >= 11 is 0. The molecule has 0 saturated heterocycles. The van der Waals surface area contributed by atoms with Gasteiger partial charge in [0.05, 0.1) is 27.0 Å². The largest absolute Gasteiger partial charge is 0.497 e. The highest BCUT2D eigenvalue weighted by molar-refractivity contribution is 5.95. The number of methoxy groups -OCH3 is 3. The molecule has 0 bridgehead atoms. The van der Waals surface area contributed by atoms with Crippen molar-refractivity contribution in [2.45, 2.75) is 0 Å². The summed E-state index contributed by atoms with van der Waals surface area (Å²) in [6, 6.07) is 12.1. The molecular weight excluding hydrogens is 350 g/mol. The SMILES string of the molecule is COc1ccc(/C=C/C(=O)OCC(=O)Nc2ccccc2OC)c(OC)c1. The zero-order valence-corrected chi connectivity index (χ0v) is 15.4. The number of carbonyl (C=O) groups excluding carboxylic acids is 2. The second-order valence-corrected chi connectivity index (χ2v) is 5.30. The highest BCUT2D eigenvalue weighted by atomic mass is 16.5. The van der Waals surface area contributed by atoms with Crippen molar-refractivity contribution in [1.29, 1.82) is 0 Å². The van der Waals surface area contributed by atoms with Crippen LogP contribution in [-0.4, -0.2) is 39.8 Å². The van der Waals surface area contributed by atoms with Gasteiger partial charge in [0.15, 0.2) is 6.61 Å². The zero-order chi connectivity index (χ0) is 19.6. The molecule has 0 unspecified atom stereocenters. The predicted octanol–water partition coefficient (Wildman–Crippen LogP) is 2.91. The maximum absolute atomic E-state index is 11.9. The number of anilines is 1. The molecule has 142 valence electrons. The Balaban J connectivity index is 1.90. The van der Waals surface area contributed by atoms with Crippen molar-refractivity contribution >= 4 is 23.6 Å². The van der Waals surface area contributed by atoms with E-state index in [0.29, 0.717) is 28.5 Å². The smallest absolute Gasteiger partial charge is 0.331 e. The van der Waals surface area contributed by atoms with E-state index in [1.165, 1.54) is 20.3 Å². The van der Waals surface area contributed by atoms with E-state index >= 15 is 0 Å². The van der Waals surface area contributed by atoms with Gasteiger partial charge in [-0.05, 0) is 30.3 Å². The van der Waals surface area contributed by atoms with Crippen LogP contribution in [0.5, 0.6) is 17.2 Å². The van der Waals surface area contributed by atoms with Crippen LogP contribution >= 0.6 is 0 Å². The van der Waals surface area contributed by atoms with Gasteiger partial charge in [-0.25, -0.2) is 4.79 Å². The monoisotopic (exact) mass is 371 g/mol. The molecule has 0 spiro atoms. The maximum Gasteiger partial charge on any atom is 0.331 e. The summed E-state index contributed by atoms with van der Waals surface area (Å²) in [7, 11) is 4.58. The van der Waals surface area contributed by atoms with Crippen molar-refractivity contribution in [3.05, 3.63) is 54.1 Å². The molecule has 0 fully saturated rings. The second kappa shape index (κ2) is 9.86. The molecule has 2 aromatic carbocycles. The molecule has 7 nitrogen and oxygen atoms in total. The first-order valence-corrected chi connectivity index (χ1v) is 8.07. The molecule has 0 atom stereocenters. The first-order chi connectivity index (χ1) is 13.1. The number of rotatable bonds is 8. The summed E-state index contributed by atoms with van der Waals surface area (Å²) in [5.41, 5.74) is 1.17. The van der Waals surface area contributed by atoms with Crippen LogP contribution in [0.3, 0.4) is 0 Å². The van der Waals surface area contributed by atoms with Crippen molar-refractivity contribution < 1.29 is 28.5 Å². The van der Waals surface area contributed by atoms with Gasteiger partial charge in [0, 0.05) is 17.7 Å². The Morgan fingerprint density at radius 2 is 1.70 bits per heavy atom. The standard InChI is InChI=1S/C20H21NO6/c1-24-15-10-8-14(18(12-15)26-3)9-11-20(23)27-13-19(22)21-16-6-4-5-7-17(16)25-2/h4-12H,13H2,1-3H3,(H,21,22)/b11-9+. The van der Waals surface area contributed by atoms with Gasteiger partial charge < -0.3 is 24.3 Å². The number of benzene rings is 2. The molecule has 27 heavy (non-hydrogen) atoms. The molecule has 2 rings (SSSR count). The van der Waals surface area contributed by atoms with Gasteiger partial charge in [0.25, 0.3) is 5.91 Å². The first kappa shape index (κ1) is 19.8. The van der Waals surface area contributed by atoms with Crippen LogP contribution < -0.4 is 19.5 Å². The molecule has 0 heterocycles. The Morgan fingerprint density at radius 3 is 2.41 bits per heavy atom. The number of hydrogen-bond donors (Lipinski definition) is 1. The van der Waals surface area contributed by atoms with Crippen LogP contribution in [0.2, 0.25) is 0 Å². The molecule has 0 aliphatic heterocycles. The minimum absolute atomic E-state index is 0.416. The fraction of sp³-hybridized carbons (Fsp3) is 0.200. The van der Waals surface area contributed by atoms with Crippen molar-refractivity contribution in [1.82, 2.24) is 0 Å². The van der Waals surface area contributed by atoms with Crippen LogP contribution in [-0.2, 0) is 14.3 Å². The van der Waals surface area contributed by atoms with E-state index in [4.69, 9.17) is 18.9 Å². The van der Waals surface area contributed by atoms with Crippen LogP contribution in [0.15, 0.2) is 48.5 Å². The number of para-hydroxylation sites is 2. The molecule has 0 aliphatic rings. The Kier molecular flexibility index (Phi) is 7.25. The number of amides is 1. The third kappa shape index (κ3) is 5.78. The third-order valence-corrected chi connectivity index (χ3v) is 3.57. The van der Waals surface area contributed by atoms with Gasteiger partial charge in [0.2, 0.25) is 0 Å². The summed E-state index contributed by atoms with van der Waals surface area (Å²) in [4.78, 5) is 23.8. The number of nitrogens with one attached hydrogen (secondary N) is 1. The highest BCUT2D eigenvalue weighted by Gasteiger charge is 2.09. The fourth-order valence-electron chi connectivity index (χ4n) is 2.23. The molecule has 0 saturated carbocycles. The maximum atomic E-state index is 11.9. The van der Waals surface area contributed by atoms with Gasteiger partial charge in [-0.2, -0.15) is 0 Å². The third-order valence-electron chi connectivity index (χ3n) is 3.57. The lowest BCUT2D eigenvalue weighted by molar-refractivity contribution is -0.142. The van der Waals surface area contributed by atoms with Gasteiger partial charge in [0.1, 0.15) is 17.2 Å². The minimum atomic E-state index is -0.650. The van der Waals surface area contributed by atoms with Crippen molar-refractivity contribution in [2.75, 3.05) is 33.3 Å². The first-order valence-electron chi connectivity index (χ1n) is 8.07. The molecular formula is C20H21NO6. The normalized spacial score (nSPS) is 10.3. The molecule has 2 aromatic rings. The van der Waals surface area contributed by atoms with Crippen LogP contribution in [0, 0.1) is 0 Å². The Labute approximate surface area is 157 Å². The van der Waals surface area contributed by atoms with Crippen molar-refractivity contribution in [3.8, 4) is 17.2 Å². The number of hydrogen-bond acceptors (Lipinski definition) is 6. The van der Waals surface area contributed by atoms with E-state index in [1.807, 2.05) is 0 Å².